The van der Waals surface area contributed by atoms with E-state index in [1.807, 2.05) is 30.3 Å². The third-order valence-corrected chi connectivity index (χ3v) is 10.7. The van der Waals surface area contributed by atoms with Crippen molar-refractivity contribution in [2.75, 3.05) is 32.6 Å². The summed E-state index contributed by atoms with van der Waals surface area (Å²) >= 11 is 7.07. The van der Waals surface area contributed by atoms with Crippen LogP contribution in [0.4, 0.5) is 19.0 Å². The summed E-state index contributed by atoms with van der Waals surface area (Å²) in [5.41, 5.74) is 4.52. The number of anilines is 1. The van der Waals surface area contributed by atoms with E-state index in [1.165, 1.54) is 7.11 Å². The Kier molecular flexibility index (Phi) is 11.4. The van der Waals surface area contributed by atoms with Gasteiger partial charge in [-0.1, -0.05) is 35.9 Å². The summed E-state index contributed by atoms with van der Waals surface area (Å²) in [6.45, 7) is 1.63. The topological polar surface area (TPSA) is 151 Å². The number of fused-ring (bicyclic) bond motifs is 1. The summed E-state index contributed by atoms with van der Waals surface area (Å²) in [7, 11) is 2.93. The number of halogens is 4. The van der Waals surface area contributed by atoms with Gasteiger partial charge in [0.05, 0.1) is 42.2 Å². The lowest BCUT2D eigenvalue weighted by molar-refractivity contribution is -0.137. The number of alkyl halides is 3. The summed E-state index contributed by atoms with van der Waals surface area (Å²) in [6.07, 6.45) is 0.503. The number of hydrogen-bond donors (Lipinski definition) is 5. The number of ether oxygens (including phenoxy) is 2. The second-order valence-corrected chi connectivity index (χ2v) is 14.3. The molecule has 290 valence electrons. The maximum atomic E-state index is 14.5. The Hall–Kier alpha value is -4.99. The van der Waals surface area contributed by atoms with E-state index < -0.39 is 17.8 Å². The van der Waals surface area contributed by atoms with Crippen LogP contribution in [-0.4, -0.2) is 66.2 Å². The maximum Gasteiger partial charge on any atom is 0.419 e. The molecule has 3 atom stereocenters. The number of amides is 2. The van der Waals surface area contributed by atoms with E-state index in [-0.39, 0.29) is 47.7 Å². The van der Waals surface area contributed by atoms with Crippen LogP contribution in [0.3, 0.4) is 0 Å². The fraction of sp³-hybridized carbons (Fsp3) is 0.410. The van der Waals surface area contributed by atoms with Crippen molar-refractivity contribution in [2.24, 2.45) is 0 Å². The van der Waals surface area contributed by atoms with Crippen molar-refractivity contribution in [2.45, 2.75) is 75.9 Å². The highest BCUT2D eigenvalue weighted by Gasteiger charge is 2.37. The van der Waals surface area contributed by atoms with Crippen LogP contribution in [-0.2, 0) is 35.3 Å². The van der Waals surface area contributed by atoms with Crippen LogP contribution in [0.5, 0.6) is 11.8 Å². The molecule has 3 aromatic heterocycles. The fourth-order valence-electron chi connectivity index (χ4n) is 7.54. The summed E-state index contributed by atoms with van der Waals surface area (Å²) in [6, 6.07) is 11.9. The highest BCUT2D eigenvalue weighted by molar-refractivity contribution is 6.35. The van der Waals surface area contributed by atoms with Gasteiger partial charge in [-0.05, 0) is 55.0 Å². The lowest BCUT2D eigenvalue weighted by Crippen LogP contribution is -2.35. The first-order valence-corrected chi connectivity index (χ1v) is 18.6. The Morgan fingerprint density at radius 1 is 0.836 bits per heavy atom. The van der Waals surface area contributed by atoms with E-state index in [0.717, 1.165) is 34.7 Å². The number of hydrogen-bond acceptors (Lipinski definition) is 10. The summed E-state index contributed by atoms with van der Waals surface area (Å²) < 4.78 is 54.6. The number of nitrogens with zero attached hydrogens (tertiary/aromatic N) is 3. The molecule has 4 aromatic rings. The lowest BCUT2D eigenvalue weighted by atomic mass is 9.98. The van der Waals surface area contributed by atoms with Crippen molar-refractivity contribution in [1.29, 1.82) is 0 Å². The van der Waals surface area contributed by atoms with Crippen LogP contribution < -0.4 is 36.1 Å². The standard InChI is InChI=1S/C39H42ClF3N8O4/c1-54-37-21(17-44-19-23-7-12-32(52)47-23)6-10-31(50-37)28-14-15-46-35(34(28)40)27-5-3-4-26-25(27)9-11-30(26)49-36-29(39(41,42)43)16-22(38(51-36)55-2)18-45-20-24-8-13-33(53)48-24/h3-6,10,14-16,23-24,30,44-45H,7-9,11-13,17-20H2,1-2H3,(H,47,52)(H,48,53)(H,49,51)/t23-,24-,30+/m0/s1. The summed E-state index contributed by atoms with van der Waals surface area (Å²) in [4.78, 5) is 36.8. The van der Waals surface area contributed by atoms with Gasteiger partial charge in [0.2, 0.25) is 23.6 Å². The number of carbonyl (C=O) groups excluding carboxylic acids is 2. The lowest BCUT2D eigenvalue weighted by Gasteiger charge is -2.21. The van der Waals surface area contributed by atoms with Crippen molar-refractivity contribution < 1.29 is 32.2 Å². The zero-order chi connectivity index (χ0) is 38.7. The van der Waals surface area contributed by atoms with E-state index in [9.17, 15) is 22.8 Å². The minimum atomic E-state index is -4.68. The average Bonchev–Trinajstić information content (AvgIpc) is 3.91. The van der Waals surface area contributed by atoms with Gasteiger partial charge in [-0.25, -0.2) is 4.98 Å². The predicted molar refractivity (Wildman–Crippen MR) is 201 cm³/mol. The molecule has 16 heteroatoms. The fourth-order valence-corrected chi connectivity index (χ4v) is 7.85. The number of rotatable bonds is 14. The largest absolute Gasteiger partial charge is 0.481 e. The van der Waals surface area contributed by atoms with Gasteiger partial charge in [0, 0.05) is 79.6 Å². The Bertz CT molecular complexity index is 2080. The second-order valence-electron chi connectivity index (χ2n) is 13.9. The van der Waals surface area contributed by atoms with Gasteiger partial charge in [0.1, 0.15) is 5.82 Å². The molecule has 55 heavy (non-hydrogen) atoms. The number of aromatic nitrogens is 3. The van der Waals surface area contributed by atoms with Gasteiger partial charge in [0.25, 0.3) is 0 Å². The number of methoxy groups -OCH3 is 2. The summed E-state index contributed by atoms with van der Waals surface area (Å²) in [5, 5.41) is 15.7. The third kappa shape index (κ3) is 8.48. The Morgan fingerprint density at radius 2 is 1.51 bits per heavy atom. The highest BCUT2D eigenvalue weighted by atomic mass is 35.5. The predicted octanol–water partition coefficient (Wildman–Crippen LogP) is 5.73. The first-order valence-electron chi connectivity index (χ1n) is 18.2. The molecule has 0 unspecified atom stereocenters. The van der Waals surface area contributed by atoms with Gasteiger partial charge in [-0.2, -0.15) is 18.2 Å². The molecule has 2 fully saturated rings. The first-order chi connectivity index (χ1) is 26.5. The van der Waals surface area contributed by atoms with E-state index in [0.29, 0.717) is 79.6 Å². The quantitative estimate of drug-likeness (QED) is 0.107. The van der Waals surface area contributed by atoms with Crippen LogP contribution in [0.2, 0.25) is 5.02 Å². The summed E-state index contributed by atoms with van der Waals surface area (Å²) in [5.74, 6) is 0.232. The molecule has 5 N–H and O–H groups in total. The molecule has 2 aliphatic heterocycles. The molecule has 12 nitrogen and oxygen atoms in total. The molecule has 1 aromatic carbocycles. The SMILES string of the molecule is COc1nc(-c2ccnc(-c3cccc4c3CC[C@H]4Nc3nc(OC)c(CNC[C@@H]4CCC(=O)N4)cc3C(F)(F)F)c2Cl)ccc1CNC[C@@H]1CCC(=O)N1. The van der Waals surface area contributed by atoms with Gasteiger partial charge >= 0.3 is 6.18 Å². The monoisotopic (exact) mass is 778 g/mol. The van der Waals surface area contributed by atoms with Crippen LogP contribution >= 0.6 is 11.6 Å². The Morgan fingerprint density at radius 3 is 2.15 bits per heavy atom. The van der Waals surface area contributed by atoms with E-state index in [1.54, 1.807) is 19.4 Å². The van der Waals surface area contributed by atoms with E-state index >= 15 is 0 Å². The number of nitrogens with one attached hydrogen (secondary N) is 5. The molecule has 0 radical (unpaired) electrons. The molecule has 7 rings (SSSR count). The normalized spacial score (nSPS) is 19.3. The van der Waals surface area contributed by atoms with Crippen LogP contribution in [0, 0.1) is 0 Å². The van der Waals surface area contributed by atoms with Gasteiger partial charge in [-0.3, -0.25) is 14.6 Å². The van der Waals surface area contributed by atoms with Crippen molar-refractivity contribution in [3.05, 3.63) is 81.5 Å². The number of pyridine rings is 3. The zero-order valence-corrected chi connectivity index (χ0v) is 31.2. The molecule has 2 amide bonds. The van der Waals surface area contributed by atoms with Crippen molar-refractivity contribution in [1.82, 2.24) is 36.2 Å². The van der Waals surface area contributed by atoms with Crippen molar-refractivity contribution in [3.63, 3.8) is 0 Å². The smallest absolute Gasteiger partial charge is 0.419 e. The molecule has 0 saturated carbocycles. The molecule has 3 aliphatic rings. The Labute approximate surface area is 321 Å². The van der Waals surface area contributed by atoms with Gasteiger partial charge in [-0.15, -0.1) is 0 Å². The molecule has 5 heterocycles. The van der Waals surface area contributed by atoms with Crippen LogP contribution in [0.1, 0.15) is 66.0 Å². The third-order valence-electron chi connectivity index (χ3n) is 10.3. The molecule has 1 aliphatic carbocycles. The molecular weight excluding hydrogens is 737 g/mol. The minimum Gasteiger partial charge on any atom is -0.481 e. The van der Waals surface area contributed by atoms with Gasteiger partial charge in [0.15, 0.2) is 0 Å². The Balaban J connectivity index is 1.10. The second kappa shape index (κ2) is 16.4. The maximum absolute atomic E-state index is 14.5. The van der Waals surface area contributed by atoms with Crippen LogP contribution in [0.25, 0.3) is 22.5 Å². The van der Waals surface area contributed by atoms with Crippen molar-refractivity contribution >= 4 is 29.2 Å². The molecular formula is C39H42ClF3N8O4. The average molecular weight is 779 g/mol. The van der Waals surface area contributed by atoms with Crippen LogP contribution in [0.15, 0.2) is 48.7 Å². The van der Waals surface area contributed by atoms with Gasteiger partial charge < -0.3 is 36.1 Å². The number of benzene rings is 1. The van der Waals surface area contributed by atoms with Crippen molar-refractivity contribution in [3.8, 4) is 34.3 Å². The number of carbonyl (C=O) groups is 2. The molecule has 0 bridgehead atoms. The van der Waals surface area contributed by atoms with E-state index in [4.69, 9.17) is 26.1 Å². The molecule has 2 saturated heterocycles. The first kappa shape index (κ1) is 38.3. The zero-order valence-electron chi connectivity index (χ0n) is 30.4. The molecule has 0 spiro atoms. The van der Waals surface area contributed by atoms with E-state index in [2.05, 4.69) is 36.6 Å². The highest BCUT2D eigenvalue weighted by Crippen LogP contribution is 2.44. The minimum absolute atomic E-state index is 0.0346.